The molecule has 21 heavy (non-hydrogen) atoms. The first-order chi connectivity index (χ1) is 10.1. The van der Waals surface area contributed by atoms with Crippen molar-refractivity contribution in [1.29, 1.82) is 0 Å². The van der Waals surface area contributed by atoms with E-state index < -0.39 is 6.10 Å². The molecule has 3 heteroatoms. The molecule has 0 radical (unpaired) electrons. The average Bonchev–Trinajstić information content (AvgIpc) is 3.08. The summed E-state index contributed by atoms with van der Waals surface area (Å²) in [5.74, 6) is 0. The third kappa shape index (κ3) is 2.56. The first-order valence-corrected chi connectivity index (χ1v) is 7.93. The van der Waals surface area contributed by atoms with Gasteiger partial charge in [0.25, 0.3) is 0 Å². The van der Waals surface area contributed by atoms with Gasteiger partial charge in [-0.25, -0.2) is 0 Å². The minimum absolute atomic E-state index is 0.208. The van der Waals surface area contributed by atoms with Gasteiger partial charge < -0.3 is 5.11 Å². The molecular formula is C18H24N2O. The molecule has 1 aliphatic rings. The van der Waals surface area contributed by atoms with Crippen LogP contribution in [0.25, 0.3) is 10.9 Å². The number of aliphatic hydroxyl groups is 1. The number of hydrogen-bond donors (Lipinski definition) is 1. The summed E-state index contributed by atoms with van der Waals surface area (Å²) in [5, 5.41) is 12.1. The summed E-state index contributed by atoms with van der Waals surface area (Å²) in [7, 11) is 0. The second kappa shape index (κ2) is 5.74. The lowest BCUT2D eigenvalue weighted by Crippen LogP contribution is -2.48. The molecule has 2 unspecified atom stereocenters. The van der Waals surface area contributed by atoms with Crippen molar-refractivity contribution in [2.24, 2.45) is 0 Å². The zero-order valence-electron chi connectivity index (χ0n) is 12.9. The summed E-state index contributed by atoms with van der Waals surface area (Å²) >= 11 is 0. The van der Waals surface area contributed by atoms with Crippen LogP contribution in [0.3, 0.4) is 0 Å². The molecule has 0 amide bonds. The highest BCUT2D eigenvalue weighted by Gasteiger charge is 2.39. The van der Waals surface area contributed by atoms with Crippen LogP contribution in [0.1, 0.15) is 44.8 Å². The van der Waals surface area contributed by atoms with Gasteiger partial charge in [0, 0.05) is 22.7 Å². The Balaban J connectivity index is 1.95. The molecule has 2 heterocycles. The monoisotopic (exact) mass is 284 g/mol. The second-order valence-electron chi connectivity index (χ2n) is 6.27. The summed E-state index contributed by atoms with van der Waals surface area (Å²) in [6.45, 7) is 6.51. The average molecular weight is 284 g/mol. The summed E-state index contributed by atoms with van der Waals surface area (Å²) in [5.41, 5.74) is 1.69. The van der Waals surface area contributed by atoms with Gasteiger partial charge in [-0.05, 0) is 51.4 Å². The van der Waals surface area contributed by atoms with Gasteiger partial charge in [-0.2, -0.15) is 0 Å². The van der Waals surface area contributed by atoms with Crippen molar-refractivity contribution < 1.29 is 5.11 Å². The maximum absolute atomic E-state index is 11.0. The number of para-hydroxylation sites is 1. The normalized spacial score (nSPS) is 20.5. The predicted octanol–water partition coefficient (Wildman–Crippen LogP) is 3.53. The van der Waals surface area contributed by atoms with E-state index in [-0.39, 0.29) is 5.54 Å². The lowest BCUT2D eigenvalue weighted by atomic mass is 9.85. The van der Waals surface area contributed by atoms with Gasteiger partial charge in [-0.15, -0.1) is 0 Å². The minimum atomic E-state index is -0.502. The van der Waals surface area contributed by atoms with E-state index in [1.807, 2.05) is 24.4 Å². The van der Waals surface area contributed by atoms with Crippen LogP contribution in [0.4, 0.5) is 0 Å². The third-order valence-corrected chi connectivity index (χ3v) is 5.06. The first kappa shape index (κ1) is 14.5. The molecule has 1 N–H and O–H groups in total. The fraction of sp³-hybridized carbons (Fsp3) is 0.500. The van der Waals surface area contributed by atoms with Gasteiger partial charge in [0.1, 0.15) is 0 Å². The van der Waals surface area contributed by atoms with Crippen molar-refractivity contribution >= 4 is 10.9 Å². The number of likely N-dealkylation sites (tertiary alicyclic amines) is 1. The Bertz CT molecular complexity index is 621. The topological polar surface area (TPSA) is 36.4 Å². The first-order valence-electron chi connectivity index (χ1n) is 7.93. The van der Waals surface area contributed by atoms with E-state index in [0.717, 1.165) is 36.0 Å². The SMILES string of the molecule is CCC(C)(C(O)c1cnc2ccccc2c1)N1CCCC1. The van der Waals surface area contributed by atoms with E-state index in [2.05, 4.69) is 35.9 Å². The highest BCUT2D eigenvalue weighted by molar-refractivity contribution is 5.78. The fourth-order valence-corrected chi connectivity index (χ4v) is 3.41. The number of rotatable bonds is 4. The number of fused-ring (bicyclic) bond motifs is 1. The Morgan fingerprint density at radius 3 is 2.71 bits per heavy atom. The fourth-order valence-electron chi connectivity index (χ4n) is 3.41. The Labute approximate surface area is 126 Å². The third-order valence-electron chi connectivity index (χ3n) is 5.06. The minimum Gasteiger partial charge on any atom is -0.386 e. The maximum atomic E-state index is 11.0. The molecule has 0 saturated carbocycles. The van der Waals surface area contributed by atoms with Gasteiger partial charge in [-0.3, -0.25) is 9.88 Å². The van der Waals surface area contributed by atoms with Gasteiger partial charge >= 0.3 is 0 Å². The second-order valence-corrected chi connectivity index (χ2v) is 6.27. The molecule has 1 aromatic carbocycles. The Morgan fingerprint density at radius 1 is 1.29 bits per heavy atom. The molecule has 0 spiro atoms. The summed E-state index contributed by atoms with van der Waals surface area (Å²) in [6.07, 6.45) is 4.73. The van der Waals surface area contributed by atoms with E-state index in [1.54, 1.807) is 0 Å². The van der Waals surface area contributed by atoms with E-state index in [9.17, 15) is 5.11 Å². The standard InChI is InChI=1S/C18H24N2O/c1-3-18(2,20-10-6-7-11-20)17(21)15-12-14-8-4-5-9-16(14)19-13-15/h4-5,8-9,12-13,17,21H,3,6-7,10-11H2,1-2H3. The van der Waals surface area contributed by atoms with Crippen molar-refractivity contribution in [2.45, 2.75) is 44.8 Å². The molecule has 2 atom stereocenters. The number of nitrogens with zero attached hydrogens (tertiary/aromatic N) is 2. The molecule has 1 fully saturated rings. The Kier molecular flexibility index (Phi) is 3.96. The van der Waals surface area contributed by atoms with Crippen molar-refractivity contribution in [3.05, 3.63) is 42.1 Å². The van der Waals surface area contributed by atoms with Crippen LogP contribution in [0, 0.1) is 0 Å². The van der Waals surface area contributed by atoms with E-state index in [4.69, 9.17) is 0 Å². The molecule has 0 aliphatic carbocycles. The molecular weight excluding hydrogens is 260 g/mol. The van der Waals surface area contributed by atoms with Crippen molar-refractivity contribution in [2.75, 3.05) is 13.1 Å². The van der Waals surface area contributed by atoms with Crippen molar-refractivity contribution in [1.82, 2.24) is 9.88 Å². The number of hydrogen-bond acceptors (Lipinski definition) is 3. The molecule has 0 bridgehead atoms. The van der Waals surface area contributed by atoms with Crippen molar-refractivity contribution in [3.63, 3.8) is 0 Å². The van der Waals surface area contributed by atoms with Gasteiger partial charge in [0.2, 0.25) is 0 Å². The smallest absolute Gasteiger partial charge is 0.0985 e. The summed E-state index contributed by atoms with van der Waals surface area (Å²) < 4.78 is 0. The summed E-state index contributed by atoms with van der Waals surface area (Å²) in [4.78, 5) is 6.94. The molecule has 1 aliphatic heterocycles. The predicted molar refractivity (Wildman–Crippen MR) is 86.2 cm³/mol. The lowest BCUT2D eigenvalue weighted by molar-refractivity contribution is -0.0141. The highest BCUT2D eigenvalue weighted by atomic mass is 16.3. The summed E-state index contributed by atoms with van der Waals surface area (Å²) in [6, 6.07) is 10.1. The zero-order chi connectivity index (χ0) is 14.9. The highest BCUT2D eigenvalue weighted by Crippen LogP contribution is 2.36. The Hall–Kier alpha value is -1.45. The molecule has 112 valence electrons. The number of aromatic nitrogens is 1. The van der Waals surface area contributed by atoms with Gasteiger partial charge in [0.15, 0.2) is 0 Å². The molecule has 3 nitrogen and oxygen atoms in total. The van der Waals surface area contributed by atoms with E-state index in [1.165, 1.54) is 12.8 Å². The molecule has 1 saturated heterocycles. The molecule has 3 rings (SSSR count). The van der Waals surface area contributed by atoms with E-state index in [0.29, 0.717) is 0 Å². The van der Waals surface area contributed by atoms with Crippen LogP contribution in [0.2, 0.25) is 0 Å². The van der Waals surface area contributed by atoms with Crippen LogP contribution < -0.4 is 0 Å². The van der Waals surface area contributed by atoms with Crippen LogP contribution in [0.5, 0.6) is 0 Å². The van der Waals surface area contributed by atoms with Gasteiger partial charge in [0.05, 0.1) is 11.6 Å². The Morgan fingerprint density at radius 2 is 2.00 bits per heavy atom. The molecule has 2 aromatic rings. The van der Waals surface area contributed by atoms with E-state index >= 15 is 0 Å². The zero-order valence-corrected chi connectivity index (χ0v) is 12.9. The van der Waals surface area contributed by atoms with Crippen LogP contribution >= 0.6 is 0 Å². The molecule has 1 aromatic heterocycles. The number of benzene rings is 1. The van der Waals surface area contributed by atoms with Gasteiger partial charge in [-0.1, -0.05) is 25.1 Å². The largest absolute Gasteiger partial charge is 0.386 e. The quantitative estimate of drug-likeness (QED) is 0.933. The maximum Gasteiger partial charge on any atom is 0.0985 e. The van der Waals surface area contributed by atoms with Crippen molar-refractivity contribution in [3.8, 4) is 0 Å². The van der Waals surface area contributed by atoms with Crippen LogP contribution in [0.15, 0.2) is 36.5 Å². The van der Waals surface area contributed by atoms with Crippen LogP contribution in [-0.4, -0.2) is 33.6 Å². The number of pyridine rings is 1. The lowest BCUT2D eigenvalue weighted by Gasteiger charge is -2.42. The van der Waals surface area contributed by atoms with Crippen LogP contribution in [-0.2, 0) is 0 Å². The number of aliphatic hydroxyl groups excluding tert-OH is 1.